The molecule has 1 saturated carbocycles. The first-order valence-electron chi connectivity index (χ1n) is 9.74. The largest absolute Gasteiger partial charge is 0.383 e. The van der Waals surface area contributed by atoms with E-state index in [1.54, 1.807) is 16.7 Å². The van der Waals surface area contributed by atoms with Gasteiger partial charge in [-0.3, -0.25) is 14.2 Å². The van der Waals surface area contributed by atoms with E-state index >= 15 is 0 Å². The molecule has 0 aliphatic heterocycles. The normalized spacial score (nSPS) is 13.7. The van der Waals surface area contributed by atoms with Crippen LogP contribution in [0.15, 0.2) is 53.7 Å². The molecular weight excluding hydrogens is 416 g/mol. The van der Waals surface area contributed by atoms with E-state index < -0.39 is 15.6 Å². The first kappa shape index (κ1) is 20.8. The van der Waals surface area contributed by atoms with Crippen LogP contribution in [-0.4, -0.2) is 42.0 Å². The minimum absolute atomic E-state index is 0.0549. The summed E-state index contributed by atoms with van der Waals surface area (Å²) < 4.78 is 24.8. The lowest BCUT2D eigenvalue weighted by molar-refractivity contribution is 0.0950. The number of nitrogens with zero attached hydrogens (tertiary/aromatic N) is 2. The number of anilines is 1. The van der Waals surface area contributed by atoms with Crippen molar-refractivity contribution in [3.63, 3.8) is 0 Å². The summed E-state index contributed by atoms with van der Waals surface area (Å²) in [4.78, 5) is 29.6. The van der Waals surface area contributed by atoms with Crippen LogP contribution in [0.3, 0.4) is 0 Å². The van der Waals surface area contributed by atoms with Crippen molar-refractivity contribution in [1.82, 2.24) is 14.9 Å². The van der Waals surface area contributed by atoms with Crippen molar-refractivity contribution in [3.05, 3.63) is 71.2 Å². The van der Waals surface area contributed by atoms with Gasteiger partial charge in [0.15, 0.2) is 15.5 Å². The molecule has 3 aromatic rings. The third kappa shape index (κ3) is 4.22. The molecule has 0 bridgehead atoms. The molecule has 0 atom stereocenters. The molecule has 1 heterocycles. The third-order valence-electron chi connectivity index (χ3n) is 5.21. The second-order valence-corrected chi connectivity index (χ2v) is 9.74. The van der Waals surface area contributed by atoms with Crippen LogP contribution in [0, 0.1) is 6.92 Å². The molecule has 31 heavy (non-hydrogen) atoms. The number of aromatic nitrogens is 2. The Hall–Kier alpha value is -3.46. The lowest BCUT2D eigenvalue weighted by atomic mass is 10.1. The van der Waals surface area contributed by atoms with Crippen LogP contribution in [0.2, 0.25) is 0 Å². The number of imidazole rings is 1. The van der Waals surface area contributed by atoms with Gasteiger partial charge >= 0.3 is 0 Å². The fourth-order valence-electron chi connectivity index (χ4n) is 3.22. The average Bonchev–Trinajstić information content (AvgIpc) is 3.47. The van der Waals surface area contributed by atoms with E-state index in [-0.39, 0.29) is 33.9 Å². The van der Waals surface area contributed by atoms with Crippen molar-refractivity contribution in [2.75, 3.05) is 12.0 Å². The molecule has 1 fully saturated rings. The van der Waals surface area contributed by atoms with Gasteiger partial charge in [0, 0.05) is 23.4 Å². The van der Waals surface area contributed by atoms with E-state index in [1.165, 1.54) is 30.6 Å². The van der Waals surface area contributed by atoms with Crippen molar-refractivity contribution in [3.8, 4) is 5.69 Å². The Balaban J connectivity index is 1.65. The molecule has 1 aliphatic rings. The monoisotopic (exact) mass is 438 g/mol. The maximum absolute atomic E-state index is 12.9. The fraction of sp³-hybridized carbons (Fsp3) is 0.227. The van der Waals surface area contributed by atoms with E-state index in [1.807, 2.05) is 13.0 Å². The van der Waals surface area contributed by atoms with E-state index in [2.05, 4.69) is 10.3 Å². The zero-order valence-electron chi connectivity index (χ0n) is 17.1. The van der Waals surface area contributed by atoms with E-state index in [4.69, 9.17) is 5.73 Å². The summed E-state index contributed by atoms with van der Waals surface area (Å²) >= 11 is 0. The van der Waals surface area contributed by atoms with Gasteiger partial charge in [0.05, 0.1) is 10.6 Å². The van der Waals surface area contributed by atoms with Crippen LogP contribution >= 0.6 is 0 Å². The van der Waals surface area contributed by atoms with Gasteiger partial charge in [0.25, 0.3) is 5.91 Å². The molecule has 1 aliphatic carbocycles. The lowest BCUT2D eigenvalue weighted by Crippen LogP contribution is -2.25. The van der Waals surface area contributed by atoms with Gasteiger partial charge in [-0.15, -0.1) is 0 Å². The Morgan fingerprint density at radius 3 is 2.35 bits per heavy atom. The molecule has 9 heteroatoms. The van der Waals surface area contributed by atoms with E-state index in [9.17, 15) is 18.0 Å². The number of benzene rings is 2. The zero-order chi connectivity index (χ0) is 22.3. The second kappa shape index (κ2) is 7.66. The van der Waals surface area contributed by atoms with E-state index in [0.717, 1.165) is 24.7 Å². The maximum Gasteiger partial charge on any atom is 0.251 e. The van der Waals surface area contributed by atoms with Gasteiger partial charge in [-0.25, -0.2) is 13.4 Å². The standard InChI is InChI=1S/C22H22N4O4S/c1-13-3-4-15(22(28)25-16-7-8-16)11-18(13)26-12-24-19(21(26)23)20(27)14-5-9-17(10-6-14)31(2,29)30/h3-6,9-12,16H,7-8,23H2,1-2H3,(H,25,28). The molecule has 2 aromatic carbocycles. The van der Waals surface area contributed by atoms with Crippen LogP contribution in [0.5, 0.6) is 0 Å². The number of hydrogen-bond donors (Lipinski definition) is 2. The summed E-state index contributed by atoms with van der Waals surface area (Å²) in [7, 11) is -3.36. The van der Waals surface area contributed by atoms with Crippen LogP contribution in [-0.2, 0) is 9.84 Å². The Morgan fingerprint density at radius 1 is 1.10 bits per heavy atom. The van der Waals surface area contributed by atoms with Crippen LogP contribution in [0.25, 0.3) is 5.69 Å². The molecule has 1 amide bonds. The maximum atomic E-state index is 12.9. The quantitative estimate of drug-likeness (QED) is 0.569. The number of nitrogens with two attached hydrogens (primary N) is 1. The zero-order valence-corrected chi connectivity index (χ0v) is 17.9. The number of nitrogens with one attached hydrogen (secondary N) is 1. The Bertz CT molecular complexity index is 1290. The SMILES string of the molecule is Cc1ccc(C(=O)NC2CC2)cc1-n1cnc(C(=O)c2ccc(S(C)(=O)=O)cc2)c1N. The number of carbonyl (C=O) groups excluding carboxylic acids is 2. The number of sulfone groups is 1. The highest BCUT2D eigenvalue weighted by Crippen LogP contribution is 2.25. The molecule has 0 radical (unpaired) electrons. The minimum Gasteiger partial charge on any atom is -0.383 e. The van der Waals surface area contributed by atoms with Gasteiger partial charge in [-0.05, 0) is 61.7 Å². The molecule has 8 nitrogen and oxygen atoms in total. The summed E-state index contributed by atoms with van der Waals surface area (Å²) in [5, 5.41) is 2.95. The van der Waals surface area contributed by atoms with Gasteiger partial charge in [0.2, 0.25) is 5.78 Å². The average molecular weight is 439 g/mol. The number of nitrogen functional groups attached to an aromatic ring is 1. The molecule has 160 valence electrons. The predicted molar refractivity (Wildman–Crippen MR) is 116 cm³/mol. The summed E-state index contributed by atoms with van der Waals surface area (Å²) in [5.74, 6) is -0.429. The summed E-state index contributed by atoms with van der Waals surface area (Å²) in [6.07, 6.45) is 4.54. The molecular formula is C22H22N4O4S. The Kier molecular flexibility index (Phi) is 5.14. The van der Waals surface area contributed by atoms with Crippen molar-refractivity contribution in [2.24, 2.45) is 0 Å². The van der Waals surface area contributed by atoms with Gasteiger partial charge in [-0.1, -0.05) is 6.07 Å². The van der Waals surface area contributed by atoms with Crippen molar-refractivity contribution >= 4 is 27.3 Å². The number of hydrogen-bond acceptors (Lipinski definition) is 6. The highest BCUT2D eigenvalue weighted by Gasteiger charge is 2.24. The van der Waals surface area contributed by atoms with Crippen molar-refractivity contribution in [2.45, 2.75) is 30.7 Å². The van der Waals surface area contributed by atoms with Crippen molar-refractivity contribution in [1.29, 1.82) is 0 Å². The molecule has 3 N–H and O–H groups in total. The fourth-order valence-corrected chi connectivity index (χ4v) is 3.85. The molecule has 0 unspecified atom stereocenters. The van der Waals surface area contributed by atoms with Gasteiger partial charge in [-0.2, -0.15) is 0 Å². The smallest absolute Gasteiger partial charge is 0.251 e. The Labute approximate surface area is 180 Å². The molecule has 1 aromatic heterocycles. The molecule has 4 rings (SSSR count). The molecule has 0 spiro atoms. The summed E-state index contributed by atoms with van der Waals surface area (Å²) in [6.45, 7) is 1.88. The number of aryl methyl sites for hydroxylation is 1. The van der Waals surface area contributed by atoms with Crippen LogP contribution in [0.1, 0.15) is 44.8 Å². The number of carbonyl (C=O) groups is 2. The molecule has 0 saturated heterocycles. The van der Waals surface area contributed by atoms with Gasteiger partial charge in [0.1, 0.15) is 12.1 Å². The lowest BCUT2D eigenvalue weighted by Gasteiger charge is -2.12. The minimum atomic E-state index is -3.36. The predicted octanol–water partition coefficient (Wildman–Crippen LogP) is 2.29. The summed E-state index contributed by atoms with van der Waals surface area (Å²) in [6, 6.07) is 11.2. The highest BCUT2D eigenvalue weighted by molar-refractivity contribution is 7.90. The number of amides is 1. The number of rotatable bonds is 6. The highest BCUT2D eigenvalue weighted by atomic mass is 32.2. The van der Waals surface area contributed by atoms with Crippen LogP contribution < -0.4 is 11.1 Å². The van der Waals surface area contributed by atoms with E-state index in [0.29, 0.717) is 11.3 Å². The van der Waals surface area contributed by atoms with Crippen molar-refractivity contribution < 1.29 is 18.0 Å². The number of ketones is 1. The van der Waals surface area contributed by atoms with Crippen LogP contribution in [0.4, 0.5) is 5.82 Å². The third-order valence-corrected chi connectivity index (χ3v) is 6.34. The topological polar surface area (TPSA) is 124 Å². The first-order valence-corrected chi connectivity index (χ1v) is 11.6. The second-order valence-electron chi connectivity index (χ2n) is 7.72. The van der Waals surface area contributed by atoms with Gasteiger partial charge < -0.3 is 11.1 Å². The first-order chi connectivity index (χ1) is 14.6. The summed E-state index contributed by atoms with van der Waals surface area (Å²) in [5.41, 5.74) is 8.59. The Morgan fingerprint density at radius 2 is 1.74 bits per heavy atom.